The fraction of sp³-hybridized carbons (Fsp3) is 0.0435. The normalized spacial score (nSPS) is 11.3. The van der Waals surface area contributed by atoms with Crippen molar-refractivity contribution in [1.29, 1.82) is 0 Å². The summed E-state index contributed by atoms with van der Waals surface area (Å²) < 4.78 is 45.0. The molecule has 3 aromatic carbocycles. The Morgan fingerprint density at radius 3 is 2.06 bits per heavy atom. The maximum Gasteiger partial charge on any atom is 0.416 e. The Morgan fingerprint density at radius 2 is 1.45 bits per heavy atom. The van der Waals surface area contributed by atoms with Crippen LogP contribution in [0.2, 0.25) is 0 Å². The Morgan fingerprint density at radius 1 is 0.839 bits per heavy atom. The molecule has 0 unspecified atom stereocenters. The summed E-state index contributed by atoms with van der Waals surface area (Å²) in [5, 5.41) is 3.91. The third-order valence-corrected chi connectivity index (χ3v) is 4.58. The molecular weight excluding hydrogens is 407 g/mol. The molecule has 5 nitrogen and oxygen atoms in total. The zero-order valence-electron chi connectivity index (χ0n) is 16.0. The average Bonchev–Trinajstić information content (AvgIpc) is 2.77. The molecule has 0 bridgehead atoms. The molecular formula is C23H16F3N3O2. The molecule has 0 atom stereocenters. The van der Waals surface area contributed by atoms with Crippen molar-refractivity contribution in [3.05, 3.63) is 101 Å². The lowest BCUT2D eigenvalue weighted by molar-refractivity contribution is -0.137. The highest BCUT2D eigenvalue weighted by Gasteiger charge is 2.30. The number of anilines is 1. The number of nitrogen functional groups attached to an aromatic ring is 1. The van der Waals surface area contributed by atoms with Crippen LogP contribution in [0.15, 0.2) is 89.9 Å². The summed E-state index contributed by atoms with van der Waals surface area (Å²) in [6.45, 7) is 0. The number of benzene rings is 3. The van der Waals surface area contributed by atoms with Crippen LogP contribution in [-0.2, 0) is 6.18 Å². The minimum atomic E-state index is -4.47. The molecule has 156 valence electrons. The average molecular weight is 423 g/mol. The minimum absolute atomic E-state index is 0.0142. The van der Waals surface area contributed by atoms with Crippen LogP contribution < -0.4 is 16.0 Å². The molecule has 1 heterocycles. The van der Waals surface area contributed by atoms with Crippen molar-refractivity contribution < 1.29 is 17.9 Å². The quantitative estimate of drug-likeness (QED) is 0.484. The third kappa shape index (κ3) is 4.28. The van der Waals surface area contributed by atoms with Crippen LogP contribution in [-0.4, -0.2) is 9.78 Å². The van der Waals surface area contributed by atoms with Gasteiger partial charge in [-0.05, 0) is 47.5 Å². The second-order valence-electron chi connectivity index (χ2n) is 6.68. The van der Waals surface area contributed by atoms with E-state index in [1.807, 2.05) is 42.5 Å². The summed E-state index contributed by atoms with van der Waals surface area (Å²) >= 11 is 0. The van der Waals surface area contributed by atoms with Crippen molar-refractivity contribution in [1.82, 2.24) is 9.78 Å². The topological polar surface area (TPSA) is 70.1 Å². The second kappa shape index (κ2) is 7.98. The van der Waals surface area contributed by atoms with Crippen molar-refractivity contribution in [3.8, 4) is 28.3 Å². The second-order valence-corrected chi connectivity index (χ2v) is 6.68. The van der Waals surface area contributed by atoms with Gasteiger partial charge in [0.15, 0.2) is 0 Å². The molecule has 0 aliphatic heterocycles. The number of halogens is 3. The number of rotatable bonds is 4. The molecule has 0 fully saturated rings. The number of hydrogen-bond acceptors (Lipinski definition) is 4. The maximum absolute atomic E-state index is 12.8. The van der Waals surface area contributed by atoms with Crippen molar-refractivity contribution in [3.63, 3.8) is 0 Å². The molecule has 0 spiro atoms. The smallest absolute Gasteiger partial charge is 0.416 e. The zero-order chi connectivity index (χ0) is 22.0. The van der Waals surface area contributed by atoms with Crippen LogP contribution in [0.5, 0.6) is 11.5 Å². The highest BCUT2D eigenvalue weighted by atomic mass is 19.4. The highest BCUT2D eigenvalue weighted by Crippen LogP contribution is 2.30. The van der Waals surface area contributed by atoms with Gasteiger partial charge in [-0.1, -0.05) is 42.5 Å². The molecule has 4 aromatic rings. The summed E-state index contributed by atoms with van der Waals surface area (Å²) in [7, 11) is 0. The van der Waals surface area contributed by atoms with Crippen LogP contribution in [0, 0.1) is 0 Å². The summed E-state index contributed by atoms with van der Waals surface area (Å²) in [5.41, 5.74) is 6.53. The Kier molecular flexibility index (Phi) is 5.21. The molecule has 0 aliphatic rings. The van der Waals surface area contributed by atoms with Gasteiger partial charge in [0.25, 0.3) is 0 Å². The van der Waals surface area contributed by atoms with Gasteiger partial charge in [0, 0.05) is 0 Å². The number of alkyl halides is 3. The SMILES string of the molecule is Nc1cnn(-c2ccc(C(F)(F)F)cc2)c(=O)c1Oc1ccc(-c2ccccc2)cc1. The minimum Gasteiger partial charge on any atom is -0.449 e. The molecule has 0 radical (unpaired) electrons. The fourth-order valence-corrected chi connectivity index (χ4v) is 2.99. The molecule has 0 saturated carbocycles. The fourth-order valence-electron chi connectivity index (χ4n) is 2.99. The lowest BCUT2D eigenvalue weighted by Gasteiger charge is -2.12. The van der Waals surface area contributed by atoms with Crippen molar-refractivity contribution in [2.45, 2.75) is 6.18 Å². The predicted octanol–water partition coefficient (Wildman–Crippen LogP) is 5.29. The van der Waals surface area contributed by atoms with Crippen molar-refractivity contribution in [2.75, 3.05) is 5.73 Å². The first-order valence-corrected chi connectivity index (χ1v) is 9.22. The van der Waals surface area contributed by atoms with Crippen LogP contribution >= 0.6 is 0 Å². The van der Waals surface area contributed by atoms with Gasteiger partial charge in [-0.2, -0.15) is 23.0 Å². The van der Waals surface area contributed by atoms with Gasteiger partial charge in [-0.15, -0.1) is 0 Å². The van der Waals surface area contributed by atoms with E-state index in [-0.39, 0.29) is 17.1 Å². The number of nitrogens with two attached hydrogens (primary N) is 1. The van der Waals surface area contributed by atoms with E-state index in [0.717, 1.165) is 40.1 Å². The number of hydrogen-bond donors (Lipinski definition) is 1. The zero-order valence-corrected chi connectivity index (χ0v) is 16.0. The molecule has 0 aliphatic carbocycles. The van der Waals surface area contributed by atoms with Crippen LogP contribution in [0.3, 0.4) is 0 Å². The van der Waals surface area contributed by atoms with Gasteiger partial charge in [0.2, 0.25) is 5.75 Å². The number of ether oxygens (including phenoxy) is 1. The molecule has 0 saturated heterocycles. The van der Waals surface area contributed by atoms with E-state index >= 15 is 0 Å². The van der Waals surface area contributed by atoms with Crippen molar-refractivity contribution in [2.24, 2.45) is 0 Å². The Balaban J connectivity index is 1.63. The molecule has 31 heavy (non-hydrogen) atoms. The predicted molar refractivity (Wildman–Crippen MR) is 111 cm³/mol. The first kappa shape index (κ1) is 20.2. The van der Waals surface area contributed by atoms with Gasteiger partial charge < -0.3 is 10.5 Å². The van der Waals surface area contributed by atoms with Gasteiger partial charge in [0.05, 0.1) is 17.4 Å². The molecule has 0 amide bonds. The van der Waals surface area contributed by atoms with E-state index < -0.39 is 17.3 Å². The van der Waals surface area contributed by atoms with Crippen molar-refractivity contribution >= 4 is 5.69 Å². The molecule has 4 rings (SSSR count). The van der Waals surface area contributed by atoms with E-state index in [2.05, 4.69) is 5.10 Å². The van der Waals surface area contributed by atoms with Crippen LogP contribution in [0.4, 0.5) is 18.9 Å². The Labute approximate surface area is 175 Å². The first-order valence-electron chi connectivity index (χ1n) is 9.22. The first-order chi connectivity index (χ1) is 14.8. The summed E-state index contributed by atoms with van der Waals surface area (Å²) in [4.78, 5) is 12.8. The van der Waals surface area contributed by atoms with Crippen LogP contribution in [0.25, 0.3) is 16.8 Å². The van der Waals surface area contributed by atoms with E-state index in [4.69, 9.17) is 10.5 Å². The number of nitrogens with zero attached hydrogens (tertiary/aromatic N) is 2. The van der Waals surface area contributed by atoms with Gasteiger partial charge in [0.1, 0.15) is 11.4 Å². The van der Waals surface area contributed by atoms with E-state index in [9.17, 15) is 18.0 Å². The largest absolute Gasteiger partial charge is 0.449 e. The lowest BCUT2D eigenvalue weighted by atomic mass is 10.1. The van der Waals surface area contributed by atoms with Gasteiger partial charge in [-0.25, -0.2) is 0 Å². The monoisotopic (exact) mass is 423 g/mol. The van der Waals surface area contributed by atoms with Crippen LogP contribution in [0.1, 0.15) is 5.56 Å². The van der Waals surface area contributed by atoms with E-state index in [0.29, 0.717) is 5.75 Å². The summed E-state index contributed by atoms with van der Waals surface area (Å²) in [6, 6.07) is 20.9. The Hall–Kier alpha value is -4.07. The van der Waals surface area contributed by atoms with E-state index in [1.165, 1.54) is 6.20 Å². The lowest BCUT2D eigenvalue weighted by Crippen LogP contribution is -2.23. The standard InChI is InChI=1S/C23H16F3N3O2/c24-23(25,26)17-8-10-18(11-9-17)29-22(30)21(20(27)14-28-29)31-19-12-6-16(7-13-19)15-4-2-1-3-5-15/h1-14H,27H2. The van der Waals surface area contributed by atoms with Gasteiger partial charge in [-0.3, -0.25) is 4.79 Å². The Bertz CT molecular complexity index is 1250. The molecule has 1 aromatic heterocycles. The third-order valence-electron chi connectivity index (χ3n) is 4.58. The summed E-state index contributed by atoms with van der Waals surface area (Å²) in [5.74, 6) is 0.219. The molecule has 8 heteroatoms. The highest BCUT2D eigenvalue weighted by molar-refractivity contribution is 5.64. The molecule has 2 N–H and O–H groups in total. The van der Waals surface area contributed by atoms with Gasteiger partial charge >= 0.3 is 11.7 Å². The summed E-state index contributed by atoms with van der Waals surface area (Å²) in [6.07, 6.45) is -3.26. The van der Waals surface area contributed by atoms with E-state index in [1.54, 1.807) is 12.1 Å². The number of aromatic nitrogens is 2. The maximum atomic E-state index is 12.8.